The van der Waals surface area contributed by atoms with Crippen molar-refractivity contribution in [3.8, 4) is 0 Å². The Morgan fingerprint density at radius 3 is 2.94 bits per heavy atom. The Balaban J connectivity index is 1.88. The van der Waals surface area contributed by atoms with Gasteiger partial charge in [0, 0.05) is 23.7 Å². The van der Waals surface area contributed by atoms with E-state index in [0.29, 0.717) is 23.7 Å². The van der Waals surface area contributed by atoms with Crippen LogP contribution in [0.25, 0.3) is 0 Å². The van der Waals surface area contributed by atoms with Gasteiger partial charge in [-0.05, 0) is 51.1 Å². The summed E-state index contributed by atoms with van der Waals surface area (Å²) in [6, 6.07) is 5.72. The van der Waals surface area contributed by atoms with E-state index in [9.17, 15) is 4.39 Å². The van der Waals surface area contributed by atoms with Gasteiger partial charge >= 0.3 is 0 Å². The van der Waals surface area contributed by atoms with Crippen molar-refractivity contribution in [2.24, 2.45) is 0 Å². The SMILES string of the molecule is CC1CC(NCc2ccc(F)cc2Cl)CCN1C. The van der Waals surface area contributed by atoms with Crippen LogP contribution in [0.15, 0.2) is 18.2 Å². The van der Waals surface area contributed by atoms with Crippen LogP contribution in [0.5, 0.6) is 0 Å². The fraction of sp³-hybridized carbons (Fsp3) is 0.571. The largest absolute Gasteiger partial charge is 0.310 e. The van der Waals surface area contributed by atoms with E-state index in [-0.39, 0.29) is 5.82 Å². The van der Waals surface area contributed by atoms with Gasteiger partial charge in [-0.15, -0.1) is 0 Å². The Kier molecular flexibility index (Phi) is 4.60. The lowest BCUT2D eigenvalue weighted by atomic mass is 9.99. The Labute approximate surface area is 113 Å². The molecule has 0 aromatic heterocycles. The third kappa shape index (κ3) is 3.44. The number of likely N-dealkylation sites (tertiary alicyclic amines) is 1. The molecule has 2 rings (SSSR count). The molecule has 1 saturated heterocycles. The van der Waals surface area contributed by atoms with Crippen molar-refractivity contribution in [3.05, 3.63) is 34.6 Å². The highest BCUT2D eigenvalue weighted by Crippen LogP contribution is 2.19. The molecule has 18 heavy (non-hydrogen) atoms. The van der Waals surface area contributed by atoms with Crippen LogP contribution in [0.2, 0.25) is 5.02 Å². The number of nitrogens with zero attached hydrogens (tertiary/aromatic N) is 1. The molecule has 2 atom stereocenters. The first kappa shape index (κ1) is 13.8. The normalized spacial score (nSPS) is 25.3. The quantitative estimate of drug-likeness (QED) is 0.908. The molecule has 1 fully saturated rings. The van der Waals surface area contributed by atoms with Crippen molar-refractivity contribution >= 4 is 11.6 Å². The van der Waals surface area contributed by atoms with Gasteiger partial charge in [-0.3, -0.25) is 0 Å². The molecule has 0 radical (unpaired) electrons. The maximum Gasteiger partial charge on any atom is 0.124 e. The van der Waals surface area contributed by atoms with Gasteiger partial charge in [0.25, 0.3) is 0 Å². The second-order valence-corrected chi connectivity index (χ2v) is 5.57. The van der Waals surface area contributed by atoms with Gasteiger partial charge < -0.3 is 10.2 Å². The lowest BCUT2D eigenvalue weighted by Gasteiger charge is -2.35. The summed E-state index contributed by atoms with van der Waals surface area (Å²) in [7, 11) is 2.16. The summed E-state index contributed by atoms with van der Waals surface area (Å²) < 4.78 is 12.9. The standard InChI is InChI=1S/C14H20ClFN2/c1-10-7-13(5-6-18(10)2)17-9-11-3-4-12(16)8-14(11)15/h3-4,8,10,13,17H,5-7,9H2,1-2H3. The molecule has 2 nitrogen and oxygen atoms in total. The van der Waals surface area contributed by atoms with Crippen LogP contribution in [0.1, 0.15) is 25.3 Å². The molecule has 0 aliphatic carbocycles. The predicted octanol–water partition coefficient (Wildman–Crippen LogP) is 3.05. The van der Waals surface area contributed by atoms with Crippen molar-refractivity contribution in [3.63, 3.8) is 0 Å². The van der Waals surface area contributed by atoms with Crippen LogP contribution in [-0.4, -0.2) is 30.6 Å². The second kappa shape index (κ2) is 6.00. The van der Waals surface area contributed by atoms with E-state index >= 15 is 0 Å². The van der Waals surface area contributed by atoms with E-state index in [1.54, 1.807) is 6.07 Å². The molecule has 0 spiro atoms. The maximum atomic E-state index is 12.9. The van der Waals surface area contributed by atoms with Crippen LogP contribution in [-0.2, 0) is 6.54 Å². The molecular formula is C14H20ClFN2. The van der Waals surface area contributed by atoms with E-state index in [4.69, 9.17) is 11.6 Å². The predicted molar refractivity (Wildman–Crippen MR) is 73.4 cm³/mol. The molecule has 2 unspecified atom stereocenters. The first-order chi connectivity index (χ1) is 8.56. The van der Waals surface area contributed by atoms with Gasteiger partial charge in [0.05, 0.1) is 0 Å². The molecule has 0 saturated carbocycles. The zero-order valence-corrected chi connectivity index (χ0v) is 11.7. The van der Waals surface area contributed by atoms with Crippen molar-refractivity contribution < 1.29 is 4.39 Å². The molecule has 1 aromatic carbocycles. The first-order valence-corrected chi connectivity index (χ1v) is 6.81. The van der Waals surface area contributed by atoms with Gasteiger partial charge in [-0.2, -0.15) is 0 Å². The third-order valence-electron chi connectivity index (χ3n) is 3.80. The van der Waals surface area contributed by atoms with Gasteiger partial charge in [0.1, 0.15) is 5.82 Å². The number of halogens is 2. The Bertz CT molecular complexity index is 411. The van der Waals surface area contributed by atoms with Gasteiger partial charge in [0.2, 0.25) is 0 Å². The summed E-state index contributed by atoms with van der Waals surface area (Å²) in [5.74, 6) is -0.281. The third-order valence-corrected chi connectivity index (χ3v) is 4.16. The zero-order valence-electron chi connectivity index (χ0n) is 10.9. The maximum absolute atomic E-state index is 12.9. The fourth-order valence-electron chi connectivity index (χ4n) is 2.39. The minimum Gasteiger partial charge on any atom is -0.310 e. The average molecular weight is 271 g/mol. The van der Waals surface area contributed by atoms with Gasteiger partial charge in [0.15, 0.2) is 0 Å². The van der Waals surface area contributed by atoms with Crippen molar-refractivity contribution in [1.29, 1.82) is 0 Å². The van der Waals surface area contributed by atoms with Crippen molar-refractivity contribution in [2.75, 3.05) is 13.6 Å². The highest BCUT2D eigenvalue weighted by atomic mass is 35.5. The van der Waals surface area contributed by atoms with E-state index in [1.165, 1.54) is 12.1 Å². The summed E-state index contributed by atoms with van der Waals surface area (Å²) in [5.41, 5.74) is 0.963. The Hall–Kier alpha value is -0.640. The minimum absolute atomic E-state index is 0.281. The molecule has 4 heteroatoms. The summed E-state index contributed by atoms with van der Waals surface area (Å²) in [5, 5.41) is 4.02. The fourth-order valence-corrected chi connectivity index (χ4v) is 2.63. The van der Waals surface area contributed by atoms with Crippen LogP contribution in [0.3, 0.4) is 0 Å². The zero-order chi connectivity index (χ0) is 13.1. The number of hydrogen-bond acceptors (Lipinski definition) is 2. The van der Waals surface area contributed by atoms with E-state index in [2.05, 4.69) is 24.2 Å². The highest BCUT2D eigenvalue weighted by molar-refractivity contribution is 6.31. The second-order valence-electron chi connectivity index (χ2n) is 5.17. The lowest BCUT2D eigenvalue weighted by molar-refractivity contribution is 0.168. The molecule has 1 aliphatic heterocycles. The molecule has 0 amide bonds. The molecule has 1 aromatic rings. The Morgan fingerprint density at radius 2 is 2.28 bits per heavy atom. The van der Waals surface area contributed by atoms with E-state index in [1.807, 2.05) is 0 Å². The monoisotopic (exact) mass is 270 g/mol. The molecule has 1 heterocycles. The summed E-state index contributed by atoms with van der Waals surface area (Å²) >= 11 is 6.01. The highest BCUT2D eigenvalue weighted by Gasteiger charge is 2.22. The summed E-state index contributed by atoms with van der Waals surface area (Å²) in [6.45, 7) is 4.08. The van der Waals surface area contributed by atoms with Gasteiger partial charge in [-0.1, -0.05) is 17.7 Å². The first-order valence-electron chi connectivity index (χ1n) is 6.44. The van der Waals surface area contributed by atoms with Crippen LogP contribution in [0, 0.1) is 5.82 Å². The van der Waals surface area contributed by atoms with Gasteiger partial charge in [-0.25, -0.2) is 4.39 Å². The topological polar surface area (TPSA) is 15.3 Å². The minimum atomic E-state index is -0.281. The smallest absolute Gasteiger partial charge is 0.124 e. The number of piperidine rings is 1. The molecule has 0 bridgehead atoms. The lowest BCUT2D eigenvalue weighted by Crippen LogP contribution is -2.45. The van der Waals surface area contributed by atoms with E-state index < -0.39 is 0 Å². The number of benzene rings is 1. The molecular weight excluding hydrogens is 251 g/mol. The van der Waals surface area contributed by atoms with Crippen LogP contribution >= 0.6 is 11.6 Å². The van der Waals surface area contributed by atoms with Crippen molar-refractivity contribution in [2.45, 2.75) is 38.4 Å². The Morgan fingerprint density at radius 1 is 1.50 bits per heavy atom. The van der Waals surface area contributed by atoms with Crippen molar-refractivity contribution in [1.82, 2.24) is 10.2 Å². The molecule has 100 valence electrons. The average Bonchev–Trinajstić information content (AvgIpc) is 2.32. The summed E-state index contributed by atoms with van der Waals surface area (Å²) in [4.78, 5) is 2.38. The molecule has 1 aliphatic rings. The van der Waals surface area contributed by atoms with Crippen LogP contribution < -0.4 is 5.32 Å². The van der Waals surface area contributed by atoms with E-state index in [0.717, 1.165) is 24.9 Å². The molecule has 1 N–H and O–H groups in total. The number of nitrogens with one attached hydrogen (secondary N) is 1. The number of rotatable bonds is 3. The van der Waals surface area contributed by atoms with Crippen LogP contribution in [0.4, 0.5) is 4.39 Å². The number of hydrogen-bond donors (Lipinski definition) is 1. The summed E-state index contributed by atoms with van der Waals surface area (Å²) in [6.07, 6.45) is 2.30.